The molecule has 1 aliphatic heterocycles. The minimum absolute atomic E-state index is 0.0976. The number of aryl methyl sites for hydroxylation is 1. The monoisotopic (exact) mass is 418 g/mol. The number of nitro benzene ring substituents is 1. The number of esters is 1. The number of morpholine rings is 1. The zero-order chi connectivity index (χ0) is 21.7. The van der Waals surface area contributed by atoms with Gasteiger partial charge in [0.05, 0.1) is 37.7 Å². The van der Waals surface area contributed by atoms with E-state index in [1.165, 1.54) is 25.3 Å². The molecule has 0 bridgehead atoms. The number of aromatic amines is 1. The molecular weight excluding hydrogens is 396 g/mol. The lowest BCUT2D eigenvalue weighted by molar-refractivity contribution is -0.385. The molecule has 0 spiro atoms. The number of nitro groups is 1. The van der Waals surface area contributed by atoms with Crippen molar-refractivity contribution in [1.82, 2.24) is 9.97 Å². The van der Waals surface area contributed by atoms with Crippen LogP contribution in [0.1, 0.15) is 17.7 Å². The summed E-state index contributed by atoms with van der Waals surface area (Å²) >= 11 is 0. The van der Waals surface area contributed by atoms with E-state index in [9.17, 15) is 19.7 Å². The first-order valence-corrected chi connectivity index (χ1v) is 9.34. The summed E-state index contributed by atoms with van der Waals surface area (Å²) in [6.07, 6.45) is -0.0357. The highest BCUT2D eigenvalue weighted by molar-refractivity contribution is 5.74. The number of nitrogens with zero attached hydrogens (tertiary/aromatic N) is 3. The van der Waals surface area contributed by atoms with E-state index in [4.69, 9.17) is 14.2 Å². The number of ether oxygens (including phenoxy) is 3. The molecule has 11 heteroatoms. The topological polar surface area (TPSA) is 137 Å². The fourth-order valence-corrected chi connectivity index (χ4v) is 3.07. The molecule has 1 aromatic heterocycles. The predicted octanol–water partition coefficient (Wildman–Crippen LogP) is 1.37. The third-order valence-electron chi connectivity index (χ3n) is 4.69. The maximum Gasteiger partial charge on any atom is 0.315 e. The number of H-pyrrole nitrogens is 1. The zero-order valence-electron chi connectivity index (χ0n) is 16.7. The molecule has 0 atom stereocenters. The molecular formula is C19H22N4O7. The summed E-state index contributed by atoms with van der Waals surface area (Å²) in [5.74, 6) is -0.132. The average Bonchev–Trinajstić information content (AvgIpc) is 2.73. The van der Waals surface area contributed by atoms with Gasteiger partial charge < -0.3 is 19.1 Å². The van der Waals surface area contributed by atoms with Gasteiger partial charge in [-0.25, -0.2) is 4.98 Å². The van der Waals surface area contributed by atoms with Crippen molar-refractivity contribution in [3.05, 3.63) is 49.9 Å². The molecule has 1 aromatic carbocycles. The fraction of sp³-hybridized carbons (Fsp3) is 0.421. The Morgan fingerprint density at radius 1 is 1.37 bits per heavy atom. The first kappa shape index (κ1) is 21.2. The van der Waals surface area contributed by atoms with Crippen molar-refractivity contribution in [2.75, 3.05) is 38.3 Å². The minimum atomic E-state index is -0.695. The van der Waals surface area contributed by atoms with Crippen LogP contribution in [0.4, 0.5) is 11.6 Å². The standard InChI is InChI=1S/C19H22N4O7/c1-12-14(18(25)21-19(20-12)22-7-9-29-10-8-22)4-6-17(24)30-16-5-3-13(28-2)11-15(16)23(26)27/h3,5,11H,4,6-10H2,1-2H3,(H,20,21,25). The van der Waals surface area contributed by atoms with Crippen molar-refractivity contribution in [3.63, 3.8) is 0 Å². The molecule has 0 amide bonds. The van der Waals surface area contributed by atoms with Crippen LogP contribution in [0.3, 0.4) is 0 Å². The Hall–Kier alpha value is -3.47. The highest BCUT2D eigenvalue weighted by Crippen LogP contribution is 2.31. The number of nitrogens with one attached hydrogen (secondary N) is 1. The van der Waals surface area contributed by atoms with Gasteiger partial charge >= 0.3 is 11.7 Å². The molecule has 2 aromatic rings. The molecule has 0 radical (unpaired) electrons. The Morgan fingerprint density at radius 3 is 2.73 bits per heavy atom. The first-order chi connectivity index (χ1) is 14.4. The third-order valence-corrected chi connectivity index (χ3v) is 4.69. The van der Waals surface area contributed by atoms with Crippen LogP contribution in [-0.4, -0.2) is 54.3 Å². The molecule has 0 aliphatic carbocycles. The molecule has 2 heterocycles. The number of hydrogen-bond donors (Lipinski definition) is 1. The molecule has 0 unspecified atom stereocenters. The molecule has 11 nitrogen and oxygen atoms in total. The molecule has 1 saturated heterocycles. The highest BCUT2D eigenvalue weighted by atomic mass is 16.6. The second-order valence-corrected chi connectivity index (χ2v) is 6.62. The zero-order valence-corrected chi connectivity index (χ0v) is 16.7. The average molecular weight is 418 g/mol. The van der Waals surface area contributed by atoms with Crippen LogP contribution < -0.4 is 19.9 Å². The number of anilines is 1. The van der Waals surface area contributed by atoms with E-state index in [0.29, 0.717) is 43.5 Å². The van der Waals surface area contributed by atoms with Crippen LogP contribution in [0.25, 0.3) is 0 Å². The van der Waals surface area contributed by atoms with Crippen molar-refractivity contribution in [3.8, 4) is 11.5 Å². The van der Waals surface area contributed by atoms with Gasteiger partial charge in [-0.2, -0.15) is 0 Å². The Labute approximate surface area is 171 Å². The van der Waals surface area contributed by atoms with Crippen molar-refractivity contribution in [1.29, 1.82) is 0 Å². The van der Waals surface area contributed by atoms with Gasteiger partial charge in [-0.1, -0.05) is 0 Å². The van der Waals surface area contributed by atoms with Gasteiger partial charge in [-0.3, -0.25) is 24.7 Å². The summed E-state index contributed by atoms with van der Waals surface area (Å²) in [5, 5.41) is 11.2. The van der Waals surface area contributed by atoms with Crippen LogP contribution in [-0.2, 0) is 16.0 Å². The van der Waals surface area contributed by atoms with Gasteiger partial charge in [-0.15, -0.1) is 0 Å². The van der Waals surface area contributed by atoms with Gasteiger partial charge in [0.15, 0.2) is 0 Å². The largest absolute Gasteiger partial charge is 0.496 e. The molecule has 1 N–H and O–H groups in total. The maximum atomic E-state index is 12.5. The van der Waals surface area contributed by atoms with Gasteiger partial charge in [0, 0.05) is 24.3 Å². The van der Waals surface area contributed by atoms with E-state index in [1.807, 2.05) is 4.90 Å². The van der Waals surface area contributed by atoms with E-state index in [-0.39, 0.29) is 35.6 Å². The van der Waals surface area contributed by atoms with Crippen LogP contribution >= 0.6 is 0 Å². The molecule has 1 fully saturated rings. The first-order valence-electron chi connectivity index (χ1n) is 9.34. The van der Waals surface area contributed by atoms with Gasteiger partial charge in [0.2, 0.25) is 11.7 Å². The number of aromatic nitrogens is 2. The van der Waals surface area contributed by atoms with Crippen molar-refractivity contribution in [2.24, 2.45) is 0 Å². The van der Waals surface area contributed by atoms with Gasteiger partial charge in [-0.05, 0) is 25.5 Å². The van der Waals surface area contributed by atoms with Crippen molar-refractivity contribution in [2.45, 2.75) is 19.8 Å². The number of carbonyl (C=O) groups is 1. The molecule has 3 rings (SSSR count). The Morgan fingerprint density at radius 2 is 2.10 bits per heavy atom. The van der Waals surface area contributed by atoms with E-state index < -0.39 is 10.9 Å². The predicted molar refractivity (Wildman–Crippen MR) is 106 cm³/mol. The number of carbonyl (C=O) groups excluding carboxylic acids is 1. The summed E-state index contributed by atoms with van der Waals surface area (Å²) < 4.78 is 15.4. The fourth-order valence-electron chi connectivity index (χ4n) is 3.07. The SMILES string of the molecule is COc1ccc(OC(=O)CCc2c(C)nc(N3CCOCC3)[nH]c2=O)c([N+](=O)[O-])c1. The summed E-state index contributed by atoms with van der Waals surface area (Å²) in [6, 6.07) is 3.93. The molecule has 30 heavy (non-hydrogen) atoms. The summed E-state index contributed by atoms with van der Waals surface area (Å²) in [7, 11) is 1.38. The highest BCUT2D eigenvalue weighted by Gasteiger charge is 2.21. The number of methoxy groups -OCH3 is 1. The smallest absolute Gasteiger partial charge is 0.315 e. The molecule has 160 valence electrons. The van der Waals surface area contributed by atoms with Crippen LogP contribution in [0.2, 0.25) is 0 Å². The molecule has 0 saturated carbocycles. The van der Waals surface area contributed by atoms with E-state index in [0.717, 1.165) is 0 Å². The van der Waals surface area contributed by atoms with E-state index in [2.05, 4.69) is 9.97 Å². The Balaban J connectivity index is 1.68. The second kappa shape index (κ2) is 9.35. The van der Waals surface area contributed by atoms with E-state index in [1.54, 1.807) is 6.92 Å². The van der Waals surface area contributed by atoms with Crippen LogP contribution in [0, 0.1) is 17.0 Å². The van der Waals surface area contributed by atoms with Crippen LogP contribution in [0.15, 0.2) is 23.0 Å². The Kier molecular flexibility index (Phi) is 6.62. The number of benzene rings is 1. The summed E-state index contributed by atoms with van der Waals surface area (Å²) in [6.45, 7) is 4.10. The van der Waals surface area contributed by atoms with Crippen LogP contribution in [0.5, 0.6) is 11.5 Å². The third kappa shape index (κ3) is 4.92. The number of rotatable bonds is 7. The lowest BCUT2D eigenvalue weighted by Gasteiger charge is -2.27. The normalized spacial score (nSPS) is 13.7. The Bertz CT molecular complexity index is 999. The van der Waals surface area contributed by atoms with Gasteiger partial charge in [0.25, 0.3) is 5.56 Å². The van der Waals surface area contributed by atoms with Gasteiger partial charge in [0.1, 0.15) is 5.75 Å². The lowest BCUT2D eigenvalue weighted by atomic mass is 10.1. The quantitative estimate of drug-likeness (QED) is 0.306. The van der Waals surface area contributed by atoms with E-state index >= 15 is 0 Å². The lowest BCUT2D eigenvalue weighted by Crippen LogP contribution is -2.38. The minimum Gasteiger partial charge on any atom is -0.496 e. The van der Waals surface area contributed by atoms with Crippen molar-refractivity contribution >= 4 is 17.6 Å². The molecule has 1 aliphatic rings. The summed E-state index contributed by atoms with van der Waals surface area (Å²) in [5.41, 5.74) is 0.178. The summed E-state index contributed by atoms with van der Waals surface area (Å²) in [4.78, 5) is 44.3. The van der Waals surface area contributed by atoms with Crippen molar-refractivity contribution < 1.29 is 23.9 Å². The number of hydrogen-bond acceptors (Lipinski definition) is 9. The maximum absolute atomic E-state index is 12.5. The second-order valence-electron chi connectivity index (χ2n) is 6.62.